The monoisotopic (exact) mass is 921 g/mol. The molecule has 0 radical (unpaired) electrons. The van der Waals surface area contributed by atoms with Gasteiger partial charge in [-0.25, -0.2) is 0 Å². The molecular weight excluding hydrogens is 853 g/mol. The molecule has 8 aromatic rings. The van der Waals surface area contributed by atoms with E-state index >= 15 is 0 Å². The van der Waals surface area contributed by atoms with Gasteiger partial charge >= 0.3 is 0 Å². The van der Waals surface area contributed by atoms with E-state index in [1.54, 1.807) is 0 Å². The number of aryl methyl sites for hydroxylation is 6. The minimum atomic E-state index is 0.994. The van der Waals surface area contributed by atoms with Crippen molar-refractivity contribution in [1.29, 1.82) is 0 Å². The van der Waals surface area contributed by atoms with Gasteiger partial charge in [0, 0.05) is 0 Å². The minimum absolute atomic E-state index is 0.994. The Morgan fingerprint density at radius 3 is 1.72 bits per heavy atom. The Labute approximate surface area is 425 Å². The normalized spacial score (nSPS) is 14.4. The van der Waals surface area contributed by atoms with Gasteiger partial charge in [0.25, 0.3) is 0 Å². The van der Waals surface area contributed by atoms with Gasteiger partial charge in [0.05, 0.1) is 0 Å². The first-order valence-electron chi connectivity index (χ1n) is 25.3. The standard InChI is InChI=1S/C25H22.C20H20.C19H18.C7H8/c1-17-8-11-20(12-9-17)22-13-10-18(2)25(16-22)24-15-14-21-6-4-5-7-23(21)19(24)3;1-4-15-13-20-18(16-11-9-14(3)10-12-16)7-6-8-19(20)17(15)5-2;1-15-12-13-17-9-5-3-2-4-8-16-10-6-7-11-18(16)19(17)14-15;1-7-5-3-2-4-6-7/h4-16H,1-3H3;4-5,7,9-12H,1-2,6,8,13H2,3H3;2-7,10-14H,8-9H2,1H3;2-6H,1H3/b;;4-2-,5-3-;. The summed E-state index contributed by atoms with van der Waals surface area (Å²) >= 11 is 0. The van der Waals surface area contributed by atoms with Gasteiger partial charge in [0.1, 0.15) is 0 Å². The van der Waals surface area contributed by atoms with Crippen LogP contribution < -0.4 is 0 Å². The second-order valence-corrected chi connectivity index (χ2v) is 19.1. The lowest BCUT2D eigenvalue weighted by molar-refractivity contribution is 0.969. The molecule has 71 heavy (non-hydrogen) atoms. The molecule has 0 N–H and O–H groups in total. The van der Waals surface area contributed by atoms with E-state index in [-0.39, 0.29) is 0 Å². The quantitative estimate of drug-likeness (QED) is 0.161. The summed E-state index contributed by atoms with van der Waals surface area (Å²) in [4.78, 5) is 0. The van der Waals surface area contributed by atoms with Crippen molar-refractivity contribution in [1.82, 2.24) is 0 Å². The second kappa shape index (κ2) is 23.7. The molecule has 0 aromatic heterocycles. The summed E-state index contributed by atoms with van der Waals surface area (Å²) in [6.07, 6.45) is 20.4. The highest BCUT2D eigenvalue weighted by atomic mass is 14.3. The zero-order valence-corrected chi connectivity index (χ0v) is 42.7. The predicted molar refractivity (Wildman–Crippen MR) is 310 cm³/mol. The molecule has 0 aliphatic heterocycles. The van der Waals surface area contributed by atoms with Crippen molar-refractivity contribution in [3.63, 3.8) is 0 Å². The number of rotatable bonds is 5. The molecule has 0 unspecified atom stereocenters. The van der Waals surface area contributed by atoms with Gasteiger partial charge in [-0.1, -0.05) is 248 Å². The first-order valence-corrected chi connectivity index (χ1v) is 25.3. The molecule has 3 aliphatic carbocycles. The molecule has 3 aliphatic rings. The smallest absolute Gasteiger partial charge is 0.00109 e. The first kappa shape index (κ1) is 49.6. The molecule has 11 rings (SSSR count). The zero-order valence-electron chi connectivity index (χ0n) is 42.7. The van der Waals surface area contributed by atoms with Crippen molar-refractivity contribution >= 4 is 16.3 Å². The zero-order chi connectivity index (χ0) is 49.7. The molecule has 0 bridgehead atoms. The van der Waals surface area contributed by atoms with Crippen molar-refractivity contribution in [3.05, 3.63) is 304 Å². The molecular formula is C71H68. The van der Waals surface area contributed by atoms with Crippen molar-refractivity contribution in [2.45, 2.75) is 73.6 Å². The minimum Gasteiger partial charge on any atom is -0.0988 e. The highest BCUT2D eigenvalue weighted by molar-refractivity contribution is 5.93. The van der Waals surface area contributed by atoms with Gasteiger partial charge in [-0.2, -0.15) is 0 Å². The van der Waals surface area contributed by atoms with Crippen molar-refractivity contribution in [3.8, 4) is 33.4 Å². The Kier molecular flexibility index (Phi) is 16.5. The molecule has 0 amide bonds. The highest BCUT2D eigenvalue weighted by Crippen LogP contribution is 2.45. The summed E-state index contributed by atoms with van der Waals surface area (Å²) in [7, 11) is 0. The summed E-state index contributed by atoms with van der Waals surface area (Å²) in [6, 6.07) is 63.3. The third-order valence-corrected chi connectivity index (χ3v) is 14.0. The molecule has 0 nitrogen and oxygen atoms in total. The maximum absolute atomic E-state index is 3.98. The van der Waals surface area contributed by atoms with E-state index < -0.39 is 0 Å². The largest absolute Gasteiger partial charge is 0.0988 e. The van der Waals surface area contributed by atoms with Gasteiger partial charge in [-0.3, -0.25) is 0 Å². The number of allylic oxidation sites excluding steroid dienone is 12. The third-order valence-electron chi connectivity index (χ3n) is 14.0. The number of hydrogen-bond acceptors (Lipinski definition) is 0. The van der Waals surface area contributed by atoms with E-state index in [4.69, 9.17) is 0 Å². The SMILES string of the molecule is C=CC1=C(C=C)C2=C(C1)C(c1ccc(C)cc1)=CCC2.Cc1ccc(-c2ccc(C)c(-c3ccc4ccccc4c3C)c2)cc1.Cc1ccc2c(c1)-c1ccccc1C/C=C\C=C/C2.Cc1ccccc1. The van der Waals surface area contributed by atoms with Gasteiger partial charge in [0.15, 0.2) is 0 Å². The van der Waals surface area contributed by atoms with Crippen molar-refractivity contribution < 1.29 is 0 Å². The Balaban J connectivity index is 0.000000135. The Morgan fingerprint density at radius 2 is 1.04 bits per heavy atom. The van der Waals surface area contributed by atoms with E-state index in [1.807, 2.05) is 30.4 Å². The maximum Gasteiger partial charge on any atom is -0.00109 e. The summed E-state index contributed by atoms with van der Waals surface area (Å²) in [5, 5.41) is 2.64. The van der Waals surface area contributed by atoms with Gasteiger partial charge in [0.2, 0.25) is 0 Å². The van der Waals surface area contributed by atoms with E-state index in [9.17, 15) is 0 Å². The second-order valence-electron chi connectivity index (χ2n) is 19.1. The number of fused-ring (bicyclic) bond motifs is 4. The maximum atomic E-state index is 3.98. The summed E-state index contributed by atoms with van der Waals surface area (Å²) in [5.74, 6) is 0. The van der Waals surface area contributed by atoms with Crippen LogP contribution in [0.25, 0.3) is 49.7 Å². The fourth-order valence-electron chi connectivity index (χ4n) is 9.96. The Morgan fingerprint density at radius 1 is 0.437 bits per heavy atom. The first-order chi connectivity index (χ1) is 34.6. The van der Waals surface area contributed by atoms with Crippen LogP contribution in [0.4, 0.5) is 0 Å². The van der Waals surface area contributed by atoms with E-state index in [2.05, 4.69) is 243 Å². The molecule has 352 valence electrons. The lowest BCUT2D eigenvalue weighted by Crippen LogP contribution is -1.98. The lowest BCUT2D eigenvalue weighted by Gasteiger charge is -2.18. The third kappa shape index (κ3) is 12.2. The van der Waals surface area contributed by atoms with E-state index in [1.165, 1.54) is 122 Å². The molecule has 0 atom stereocenters. The van der Waals surface area contributed by atoms with Gasteiger partial charge in [-0.15, -0.1) is 0 Å². The highest BCUT2D eigenvalue weighted by Gasteiger charge is 2.26. The van der Waals surface area contributed by atoms with Crippen molar-refractivity contribution in [2.75, 3.05) is 0 Å². The van der Waals surface area contributed by atoms with Crippen LogP contribution in [0.15, 0.2) is 254 Å². The van der Waals surface area contributed by atoms with Crippen LogP contribution in [0.5, 0.6) is 0 Å². The van der Waals surface area contributed by atoms with Crippen LogP contribution in [-0.2, 0) is 12.8 Å². The average molecular weight is 921 g/mol. The molecule has 0 spiro atoms. The molecule has 0 heteroatoms. The Bertz CT molecular complexity index is 3320. The molecule has 0 saturated heterocycles. The van der Waals surface area contributed by atoms with Gasteiger partial charge in [-0.05, 0) is 180 Å². The molecule has 0 fully saturated rings. The lowest BCUT2D eigenvalue weighted by atomic mass is 9.86. The summed E-state index contributed by atoms with van der Waals surface area (Å²) in [5.41, 5.74) is 27.0. The summed E-state index contributed by atoms with van der Waals surface area (Å²) < 4.78 is 0. The topological polar surface area (TPSA) is 0 Å². The molecule has 8 aromatic carbocycles. The Hall–Kier alpha value is -7.80. The van der Waals surface area contributed by atoms with E-state index in [0.717, 1.165) is 32.1 Å². The number of benzene rings is 8. The van der Waals surface area contributed by atoms with Crippen LogP contribution in [-0.4, -0.2) is 0 Å². The predicted octanol–water partition coefficient (Wildman–Crippen LogP) is 19.5. The van der Waals surface area contributed by atoms with Crippen LogP contribution >= 0.6 is 0 Å². The number of hydrogen-bond donors (Lipinski definition) is 0. The summed E-state index contributed by atoms with van der Waals surface area (Å²) in [6.45, 7) is 20.9. The fraction of sp³-hybridized carbons (Fsp3) is 0.155. The van der Waals surface area contributed by atoms with Crippen LogP contribution in [0.2, 0.25) is 0 Å². The van der Waals surface area contributed by atoms with Crippen molar-refractivity contribution in [2.24, 2.45) is 0 Å². The fourth-order valence-corrected chi connectivity index (χ4v) is 9.96. The van der Waals surface area contributed by atoms with Crippen LogP contribution in [0, 0.1) is 41.5 Å². The molecule has 0 heterocycles. The average Bonchev–Trinajstić information content (AvgIpc) is 3.78. The van der Waals surface area contributed by atoms with Gasteiger partial charge < -0.3 is 0 Å². The molecule has 0 saturated carbocycles. The van der Waals surface area contributed by atoms with Crippen LogP contribution in [0.3, 0.4) is 0 Å². The van der Waals surface area contributed by atoms with E-state index in [0.29, 0.717) is 0 Å². The van der Waals surface area contributed by atoms with Crippen LogP contribution in [0.1, 0.15) is 69.3 Å².